The maximum absolute atomic E-state index is 13.0. The first-order valence-corrected chi connectivity index (χ1v) is 11.1. The summed E-state index contributed by atoms with van der Waals surface area (Å²) < 4.78 is 1.79. The van der Waals surface area contributed by atoms with Crippen LogP contribution in [0.25, 0.3) is 5.82 Å². The van der Waals surface area contributed by atoms with Gasteiger partial charge in [0.15, 0.2) is 0 Å². The predicted molar refractivity (Wildman–Crippen MR) is 120 cm³/mol. The number of amides is 1. The minimum absolute atomic E-state index is 0.0725. The Labute approximate surface area is 187 Å². The third-order valence-electron chi connectivity index (χ3n) is 6.21. The average Bonchev–Trinajstić information content (AvgIpc) is 3.35. The van der Waals surface area contributed by atoms with E-state index in [4.69, 9.17) is 0 Å². The maximum atomic E-state index is 13.0. The van der Waals surface area contributed by atoms with E-state index in [9.17, 15) is 4.79 Å². The third kappa shape index (κ3) is 4.25. The van der Waals surface area contributed by atoms with Crippen LogP contribution in [0.15, 0.2) is 43.4 Å². The van der Waals surface area contributed by atoms with Crippen LogP contribution in [0.2, 0.25) is 0 Å². The molecule has 3 aromatic rings. The van der Waals surface area contributed by atoms with Gasteiger partial charge in [-0.2, -0.15) is 0 Å². The third-order valence-corrected chi connectivity index (χ3v) is 6.21. The fraction of sp³-hybridized carbons (Fsp3) is 0.455. The first-order valence-electron chi connectivity index (χ1n) is 11.1. The smallest absolute Gasteiger partial charge is 0.274 e. The Morgan fingerprint density at radius 3 is 2.34 bits per heavy atom. The molecule has 0 unspecified atom stereocenters. The first kappa shape index (κ1) is 20.3. The molecule has 5 heterocycles. The van der Waals surface area contributed by atoms with E-state index >= 15 is 0 Å². The molecule has 10 heteroatoms. The number of carbonyl (C=O) groups excluding carboxylic acids is 1. The highest BCUT2D eigenvalue weighted by Gasteiger charge is 2.25. The molecule has 1 amide bonds. The molecule has 0 atom stereocenters. The maximum Gasteiger partial charge on any atom is 0.274 e. The number of piperazine rings is 1. The van der Waals surface area contributed by atoms with Crippen LogP contribution in [-0.4, -0.2) is 79.6 Å². The van der Waals surface area contributed by atoms with Crippen molar-refractivity contribution < 1.29 is 4.79 Å². The Hall–Kier alpha value is -3.56. The van der Waals surface area contributed by atoms with E-state index in [0.717, 1.165) is 24.8 Å². The van der Waals surface area contributed by atoms with Gasteiger partial charge >= 0.3 is 0 Å². The van der Waals surface area contributed by atoms with Crippen molar-refractivity contribution in [2.24, 2.45) is 5.92 Å². The van der Waals surface area contributed by atoms with E-state index in [2.05, 4.69) is 41.6 Å². The van der Waals surface area contributed by atoms with Crippen LogP contribution in [0.1, 0.15) is 30.3 Å². The number of hydrogen-bond donors (Lipinski definition) is 0. The minimum atomic E-state index is -0.0725. The van der Waals surface area contributed by atoms with Crippen LogP contribution in [0.5, 0.6) is 0 Å². The molecule has 2 aliphatic heterocycles. The van der Waals surface area contributed by atoms with E-state index in [0.29, 0.717) is 43.6 Å². The second-order valence-corrected chi connectivity index (χ2v) is 8.40. The van der Waals surface area contributed by atoms with Crippen molar-refractivity contribution in [2.45, 2.75) is 19.8 Å². The summed E-state index contributed by atoms with van der Waals surface area (Å²) in [6, 6.07) is 3.76. The van der Waals surface area contributed by atoms with E-state index < -0.39 is 0 Å². The zero-order valence-corrected chi connectivity index (χ0v) is 18.2. The summed E-state index contributed by atoms with van der Waals surface area (Å²) in [5.74, 6) is 3.02. The van der Waals surface area contributed by atoms with Gasteiger partial charge in [0.25, 0.3) is 5.91 Å². The molecular formula is C22H27N9O. The number of nitrogens with zero attached hydrogens (tertiary/aromatic N) is 9. The zero-order chi connectivity index (χ0) is 21.9. The standard InChI is InChI=1S/C22H27N9O/c1-17-3-7-28(8-4-17)19-13-20(26-15-25-19)31-14-18(27-16-31)21(32)29-9-11-30(12-10-29)22-23-5-2-6-24-22/h2,5-6,13-17H,3-4,7-12H2,1H3. The lowest BCUT2D eigenvalue weighted by Crippen LogP contribution is -2.49. The summed E-state index contributed by atoms with van der Waals surface area (Å²) in [6.45, 7) is 6.91. The molecule has 0 spiro atoms. The molecule has 0 saturated carbocycles. The van der Waals surface area contributed by atoms with Crippen LogP contribution < -0.4 is 9.80 Å². The second-order valence-electron chi connectivity index (χ2n) is 8.40. The Kier molecular flexibility index (Phi) is 5.66. The van der Waals surface area contributed by atoms with Crippen molar-refractivity contribution in [2.75, 3.05) is 49.1 Å². The van der Waals surface area contributed by atoms with Gasteiger partial charge in [0.05, 0.1) is 0 Å². The van der Waals surface area contributed by atoms with Crippen LogP contribution in [0.4, 0.5) is 11.8 Å². The van der Waals surface area contributed by atoms with Crippen LogP contribution in [-0.2, 0) is 0 Å². The molecule has 10 nitrogen and oxygen atoms in total. The summed E-state index contributed by atoms with van der Waals surface area (Å²) in [5.41, 5.74) is 0.418. The van der Waals surface area contributed by atoms with Gasteiger partial charge in [-0.05, 0) is 24.8 Å². The number of rotatable bonds is 4. The first-order chi connectivity index (χ1) is 15.7. The Morgan fingerprint density at radius 1 is 0.875 bits per heavy atom. The van der Waals surface area contributed by atoms with Crippen molar-refractivity contribution in [3.05, 3.63) is 49.1 Å². The van der Waals surface area contributed by atoms with Gasteiger partial charge in [-0.15, -0.1) is 0 Å². The summed E-state index contributed by atoms with van der Waals surface area (Å²) >= 11 is 0. The van der Waals surface area contributed by atoms with Gasteiger partial charge in [-0.1, -0.05) is 6.92 Å². The second kappa shape index (κ2) is 8.89. The molecule has 5 rings (SSSR count). The topological polar surface area (TPSA) is 96.2 Å². The quantitative estimate of drug-likeness (QED) is 0.613. The van der Waals surface area contributed by atoms with Crippen LogP contribution in [0.3, 0.4) is 0 Å². The van der Waals surface area contributed by atoms with Gasteiger partial charge in [0.1, 0.15) is 30.0 Å². The molecule has 32 heavy (non-hydrogen) atoms. The molecule has 3 aromatic heterocycles. The van der Waals surface area contributed by atoms with Crippen LogP contribution >= 0.6 is 0 Å². The summed E-state index contributed by atoms with van der Waals surface area (Å²) in [6.07, 6.45) is 10.8. The van der Waals surface area contributed by atoms with Crippen molar-refractivity contribution in [3.8, 4) is 5.82 Å². The summed E-state index contributed by atoms with van der Waals surface area (Å²) in [5, 5.41) is 0. The van der Waals surface area contributed by atoms with Crippen LogP contribution in [0, 0.1) is 5.92 Å². The summed E-state index contributed by atoms with van der Waals surface area (Å²) in [4.78, 5) is 41.0. The number of hydrogen-bond acceptors (Lipinski definition) is 8. The lowest BCUT2D eigenvalue weighted by atomic mass is 9.99. The highest BCUT2D eigenvalue weighted by Crippen LogP contribution is 2.22. The van der Waals surface area contributed by atoms with Gasteiger partial charge < -0.3 is 14.7 Å². The van der Waals surface area contributed by atoms with Gasteiger partial charge in [-0.25, -0.2) is 24.9 Å². The molecule has 2 fully saturated rings. The lowest BCUT2D eigenvalue weighted by molar-refractivity contribution is 0.0741. The lowest BCUT2D eigenvalue weighted by Gasteiger charge is -2.34. The highest BCUT2D eigenvalue weighted by atomic mass is 16.2. The Balaban J connectivity index is 1.24. The number of aromatic nitrogens is 6. The highest BCUT2D eigenvalue weighted by molar-refractivity contribution is 5.92. The number of imidazole rings is 1. The van der Waals surface area contributed by atoms with Crippen molar-refractivity contribution >= 4 is 17.7 Å². The van der Waals surface area contributed by atoms with Gasteiger partial charge in [0.2, 0.25) is 5.95 Å². The van der Waals surface area contributed by atoms with E-state index in [-0.39, 0.29) is 5.91 Å². The summed E-state index contributed by atoms with van der Waals surface area (Å²) in [7, 11) is 0. The van der Waals surface area contributed by atoms with Crippen molar-refractivity contribution in [3.63, 3.8) is 0 Å². The monoisotopic (exact) mass is 433 g/mol. The average molecular weight is 434 g/mol. The predicted octanol–water partition coefficient (Wildman–Crippen LogP) is 1.65. The molecular weight excluding hydrogens is 406 g/mol. The fourth-order valence-electron chi connectivity index (χ4n) is 4.17. The van der Waals surface area contributed by atoms with Gasteiger partial charge in [0, 0.05) is 63.9 Å². The number of anilines is 2. The Bertz CT molecular complexity index is 1050. The molecule has 0 radical (unpaired) electrons. The van der Waals surface area contributed by atoms with Crippen molar-refractivity contribution in [1.82, 2.24) is 34.4 Å². The van der Waals surface area contributed by atoms with E-state index in [1.54, 1.807) is 41.9 Å². The minimum Gasteiger partial charge on any atom is -0.356 e. The Morgan fingerprint density at radius 2 is 1.59 bits per heavy atom. The molecule has 166 valence electrons. The number of piperidine rings is 1. The van der Waals surface area contributed by atoms with E-state index in [1.165, 1.54) is 12.8 Å². The largest absolute Gasteiger partial charge is 0.356 e. The fourth-order valence-corrected chi connectivity index (χ4v) is 4.17. The molecule has 0 N–H and O–H groups in total. The SMILES string of the molecule is CC1CCN(c2cc(-n3cnc(C(=O)N4CCN(c5ncccn5)CC4)c3)ncn2)CC1. The zero-order valence-electron chi connectivity index (χ0n) is 18.2. The molecule has 2 aliphatic rings. The van der Waals surface area contributed by atoms with E-state index in [1.807, 2.05) is 11.0 Å². The normalized spacial score (nSPS) is 17.6. The molecule has 0 aliphatic carbocycles. The molecule has 0 bridgehead atoms. The van der Waals surface area contributed by atoms with Gasteiger partial charge in [-0.3, -0.25) is 9.36 Å². The van der Waals surface area contributed by atoms with Crippen molar-refractivity contribution in [1.29, 1.82) is 0 Å². The molecule has 2 saturated heterocycles. The number of carbonyl (C=O) groups is 1. The molecule has 0 aromatic carbocycles.